The topological polar surface area (TPSA) is 87.3 Å². The zero-order valence-corrected chi connectivity index (χ0v) is 18.4. The van der Waals surface area contributed by atoms with Gasteiger partial charge >= 0.3 is 6.03 Å². The SMILES string of the molecule is CC1(C)O[C@H]2O[C@H]([C@H]3COC(C)(C)O3)[C@@H](CCNC(=O)Nc3ccc(Cl)cc3)[C@H]2O1. The average Bonchev–Trinajstić information content (AvgIpc) is 3.26. The molecule has 4 rings (SSSR count). The zero-order valence-electron chi connectivity index (χ0n) is 17.6. The van der Waals surface area contributed by atoms with Crippen LogP contribution in [0.25, 0.3) is 0 Å². The number of fused-ring (bicyclic) bond motifs is 1. The lowest BCUT2D eigenvalue weighted by Crippen LogP contribution is -2.41. The maximum absolute atomic E-state index is 12.2. The molecular weight excluding hydrogens is 412 g/mol. The second-order valence-corrected chi connectivity index (χ2v) is 9.21. The Morgan fingerprint density at radius 3 is 2.47 bits per heavy atom. The van der Waals surface area contributed by atoms with Crippen molar-refractivity contribution in [2.45, 2.75) is 70.3 Å². The molecule has 166 valence electrons. The van der Waals surface area contributed by atoms with E-state index in [9.17, 15) is 4.79 Å². The highest BCUT2D eigenvalue weighted by Crippen LogP contribution is 2.44. The molecule has 3 saturated heterocycles. The summed E-state index contributed by atoms with van der Waals surface area (Å²) in [5.74, 6) is -1.35. The molecule has 2 N–H and O–H groups in total. The number of anilines is 1. The molecule has 0 saturated carbocycles. The molecule has 9 heteroatoms. The maximum Gasteiger partial charge on any atom is 0.319 e. The van der Waals surface area contributed by atoms with Crippen LogP contribution in [0.4, 0.5) is 10.5 Å². The highest BCUT2D eigenvalue weighted by atomic mass is 35.5. The summed E-state index contributed by atoms with van der Waals surface area (Å²) in [6, 6.07) is 6.66. The van der Waals surface area contributed by atoms with Gasteiger partial charge in [0.15, 0.2) is 17.9 Å². The maximum atomic E-state index is 12.2. The van der Waals surface area contributed by atoms with Gasteiger partial charge in [0.05, 0.1) is 12.7 Å². The van der Waals surface area contributed by atoms with E-state index in [2.05, 4.69) is 10.6 Å². The summed E-state index contributed by atoms with van der Waals surface area (Å²) in [5, 5.41) is 6.30. The van der Waals surface area contributed by atoms with Crippen LogP contribution in [0.1, 0.15) is 34.1 Å². The Kier molecular flexibility index (Phi) is 6.00. The summed E-state index contributed by atoms with van der Waals surface area (Å²) < 4.78 is 29.9. The molecule has 0 unspecified atom stereocenters. The molecule has 0 aliphatic carbocycles. The van der Waals surface area contributed by atoms with Crippen LogP contribution >= 0.6 is 11.6 Å². The van der Waals surface area contributed by atoms with Crippen LogP contribution in [0.3, 0.4) is 0 Å². The van der Waals surface area contributed by atoms with Crippen molar-refractivity contribution in [1.29, 1.82) is 0 Å². The zero-order chi connectivity index (χ0) is 21.5. The summed E-state index contributed by atoms with van der Waals surface area (Å²) in [7, 11) is 0. The van der Waals surface area contributed by atoms with Gasteiger partial charge in [-0.3, -0.25) is 0 Å². The van der Waals surface area contributed by atoms with Crippen molar-refractivity contribution < 1.29 is 28.5 Å². The molecule has 5 atom stereocenters. The third-order valence-electron chi connectivity index (χ3n) is 5.49. The van der Waals surface area contributed by atoms with E-state index < -0.39 is 17.9 Å². The second kappa shape index (κ2) is 8.26. The van der Waals surface area contributed by atoms with Crippen LogP contribution in [-0.2, 0) is 23.7 Å². The van der Waals surface area contributed by atoms with Crippen LogP contribution in [0.2, 0.25) is 5.02 Å². The summed E-state index contributed by atoms with van der Waals surface area (Å²) in [5.41, 5.74) is 0.673. The van der Waals surface area contributed by atoms with Gasteiger partial charge in [-0.05, 0) is 58.4 Å². The molecule has 1 aromatic carbocycles. The molecule has 3 heterocycles. The van der Waals surface area contributed by atoms with Crippen molar-refractivity contribution >= 4 is 23.3 Å². The van der Waals surface area contributed by atoms with E-state index >= 15 is 0 Å². The van der Waals surface area contributed by atoms with Crippen LogP contribution < -0.4 is 10.6 Å². The first kappa shape index (κ1) is 21.8. The van der Waals surface area contributed by atoms with Crippen molar-refractivity contribution in [3.8, 4) is 0 Å². The van der Waals surface area contributed by atoms with Gasteiger partial charge in [-0.2, -0.15) is 0 Å². The molecule has 0 spiro atoms. The van der Waals surface area contributed by atoms with E-state index in [0.29, 0.717) is 30.3 Å². The molecule has 30 heavy (non-hydrogen) atoms. The number of urea groups is 1. The third-order valence-corrected chi connectivity index (χ3v) is 5.74. The van der Waals surface area contributed by atoms with Gasteiger partial charge in [-0.1, -0.05) is 11.6 Å². The number of benzene rings is 1. The van der Waals surface area contributed by atoms with Crippen LogP contribution in [0.5, 0.6) is 0 Å². The molecule has 1 aromatic rings. The lowest BCUT2D eigenvalue weighted by atomic mass is 9.91. The van der Waals surface area contributed by atoms with Crippen LogP contribution in [0.15, 0.2) is 24.3 Å². The fourth-order valence-corrected chi connectivity index (χ4v) is 4.35. The predicted molar refractivity (Wildman–Crippen MR) is 110 cm³/mol. The van der Waals surface area contributed by atoms with Gasteiger partial charge < -0.3 is 34.3 Å². The molecule has 3 aliphatic heterocycles. The molecule has 3 fully saturated rings. The normalized spacial score (nSPS) is 34.0. The molecular formula is C21H29ClN2O6. The largest absolute Gasteiger partial charge is 0.348 e. The molecule has 8 nitrogen and oxygen atoms in total. The summed E-state index contributed by atoms with van der Waals surface area (Å²) in [4.78, 5) is 12.2. The fourth-order valence-electron chi connectivity index (χ4n) is 4.23. The number of hydrogen-bond acceptors (Lipinski definition) is 6. The van der Waals surface area contributed by atoms with Crippen molar-refractivity contribution in [2.24, 2.45) is 5.92 Å². The van der Waals surface area contributed by atoms with Crippen molar-refractivity contribution in [3.05, 3.63) is 29.3 Å². The minimum absolute atomic E-state index is 0.00453. The Balaban J connectivity index is 1.35. The number of carbonyl (C=O) groups excluding carboxylic acids is 1. The van der Waals surface area contributed by atoms with E-state index in [1.54, 1.807) is 24.3 Å². The number of hydrogen-bond donors (Lipinski definition) is 2. The smallest absolute Gasteiger partial charge is 0.319 e. The Hall–Kier alpha value is -1.42. The number of amides is 2. The number of nitrogens with one attached hydrogen (secondary N) is 2. The van der Waals surface area contributed by atoms with Gasteiger partial charge in [-0.15, -0.1) is 0 Å². The van der Waals surface area contributed by atoms with Crippen LogP contribution in [-0.4, -0.2) is 55.4 Å². The van der Waals surface area contributed by atoms with Gasteiger partial charge in [-0.25, -0.2) is 4.79 Å². The minimum Gasteiger partial charge on any atom is -0.348 e. The van der Waals surface area contributed by atoms with E-state index in [4.69, 9.17) is 35.3 Å². The molecule has 0 bridgehead atoms. The van der Waals surface area contributed by atoms with Gasteiger partial charge in [0, 0.05) is 23.2 Å². The standard InChI is InChI=1S/C21H29ClN2O6/c1-20(2)26-11-15(28-20)16-14(17-18(27-16)30-21(3,4)29-17)9-10-23-19(25)24-13-7-5-12(22)6-8-13/h5-8,14-18H,9-11H2,1-4H3,(H2,23,24,25)/t14-,15-,16+,17-,18-/m1/s1. The number of halogens is 1. The number of ether oxygens (including phenoxy) is 5. The average molecular weight is 441 g/mol. The highest BCUT2D eigenvalue weighted by molar-refractivity contribution is 6.30. The Morgan fingerprint density at radius 2 is 1.80 bits per heavy atom. The highest BCUT2D eigenvalue weighted by Gasteiger charge is 2.57. The lowest BCUT2D eigenvalue weighted by molar-refractivity contribution is -0.227. The van der Waals surface area contributed by atoms with Gasteiger partial charge in [0.2, 0.25) is 0 Å². The molecule has 2 amide bonds. The van der Waals surface area contributed by atoms with Crippen molar-refractivity contribution in [1.82, 2.24) is 5.32 Å². The monoisotopic (exact) mass is 440 g/mol. The van der Waals surface area contributed by atoms with Crippen molar-refractivity contribution in [3.63, 3.8) is 0 Å². The van der Waals surface area contributed by atoms with Crippen LogP contribution in [0, 0.1) is 5.92 Å². The number of carbonyl (C=O) groups is 1. The van der Waals surface area contributed by atoms with E-state index in [1.807, 2.05) is 27.7 Å². The minimum atomic E-state index is -0.704. The molecule has 0 aromatic heterocycles. The first-order valence-corrected chi connectivity index (χ1v) is 10.6. The van der Waals surface area contributed by atoms with E-state index in [0.717, 1.165) is 0 Å². The fraction of sp³-hybridized carbons (Fsp3) is 0.667. The first-order chi connectivity index (χ1) is 14.1. The lowest BCUT2D eigenvalue weighted by Gasteiger charge is -2.29. The van der Waals surface area contributed by atoms with E-state index in [1.165, 1.54) is 0 Å². The Bertz CT molecular complexity index is 771. The Morgan fingerprint density at radius 1 is 1.07 bits per heavy atom. The van der Waals surface area contributed by atoms with Crippen molar-refractivity contribution in [2.75, 3.05) is 18.5 Å². The first-order valence-electron chi connectivity index (χ1n) is 10.3. The number of rotatable bonds is 5. The molecule has 3 aliphatic rings. The Labute approximate surface area is 181 Å². The summed E-state index contributed by atoms with van der Waals surface area (Å²) >= 11 is 5.87. The van der Waals surface area contributed by atoms with Gasteiger partial charge in [0.25, 0.3) is 0 Å². The second-order valence-electron chi connectivity index (χ2n) is 8.78. The third kappa shape index (κ3) is 4.90. The van der Waals surface area contributed by atoms with Gasteiger partial charge in [0.1, 0.15) is 12.2 Å². The predicted octanol–water partition coefficient (Wildman–Crippen LogP) is 3.50. The molecule has 0 radical (unpaired) electrons. The quantitative estimate of drug-likeness (QED) is 0.728. The van der Waals surface area contributed by atoms with E-state index in [-0.39, 0.29) is 30.3 Å². The summed E-state index contributed by atoms with van der Waals surface area (Å²) in [6.07, 6.45) is -0.476. The summed E-state index contributed by atoms with van der Waals surface area (Å²) in [6.45, 7) is 8.41.